The third-order valence-corrected chi connectivity index (χ3v) is 3.91. The molecule has 0 aromatic rings. The van der Waals surface area contributed by atoms with E-state index in [2.05, 4.69) is 5.32 Å². The lowest BCUT2D eigenvalue weighted by atomic mass is 10.0. The maximum atomic E-state index is 12.3. The Hall–Kier alpha value is -1.59. The van der Waals surface area contributed by atoms with Crippen molar-refractivity contribution in [3.05, 3.63) is 0 Å². The maximum absolute atomic E-state index is 12.3. The van der Waals surface area contributed by atoms with Crippen LogP contribution in [0, 0.1) is 11.8 Å². The van der Waals surface area contributed by atoms with Crippen LogP contribution in [0.2, 0.25) is 0 Å². The number of rotatable bonds is 2. The van der Waals surface area contributed by atoms with Crippen LogP contribution in [-0.4, -0.2) is 46.9 Å². The second kappa shape index (κ2) is 4.96. The van der Waals surface area contributed by atoms with E-state index in [-0.39, 0.29) is 17.7 Å². The minimum absolute atomic E-state index is 0.0684. The summed E-state index contributed by atoms with van der Waals surface area (Å²) in [5.41, 5.74) is 0. The van der Waals surface area contributed by atoms with Crippen molar-refractivity contribution < 1.29 is 19.5 Å². The van der Waals surface area contributed by atoms with Gasteiger partial charge in [0.2, 0.25) is 11.8 Å². The van der Waals surface area contributed by atoms with Crippen LogP contribution in [0.25, 0.3) is 0 Å². The molecule has 0 spiro atoms. The summed E-state index contributed by atoms with van der Waals surface area (Å²) in [4.78, 5) is 36.2. The quantitative estimate of drug-likeness (QED) is 0.716. The summed E-state index contributed by atoms with van der Waals surface area (Å²) >= 11 is 0. The van der Waals surface area contributed by atoms with Gasteiger partial charge in [0.1, 0.15) is 6.04 Å². The molecule has 1 saturated heterocycles. The van der Waals surface area contributed by atoms with Gasteiger partial charge >= 0.3 is 5.97 Å². The Labute approximate surface area is 105 Å². The maximum Gasteiger partial charge on any atom is 0.306 e. The molecular formula is C12H18N2O4. The molecular weight excluding hydrogens is 236 g/mol. The third-order valence-electron chi connectivity index (χ3n) is 3.91. The van der Waals surface area contributed by atoms with Crippen molar-refractivity contribution in [3.63, 3.8) is 0 Å². The van der Waals surface area contributed by atoms with Crippen LogP contribution in [0.4, 0.5) is 0 Å². The highest BCUT2D eigenvalue weighted by molar-refractivity contribution is 5.89. The second-order valence-corrected chi connectivity index (χ2v) is 5.04. The highest BCUT2D eigenvalue weighted by Gasteiger charge is 2.39. The number of carboxylic acid groups (broad SMARTS) is 1. The van der Waals surface area contributed by atoms with Gasteiger partial charge in [-0.15, -0.1) is 0 Å². The van der Waals surface area contributed by atoms with E-state index < -0.39 is 17.9 Å². The summed E-state index contributed by atoms with van der Waals surface area (Å²) in [6.07, 6.45) is 1.57. The fraction of sp³-hybridized carbons (Fsp3) is 0.750. The van der Waals surface area contributed by atoms with Crippen LogP contribution in [0.15, 0.2) is 0 Å². The van der Waals surface area contributed by atoms with Gasteiger partial charge in [0.15, 0.2) is 0 Å². The predicted molar refractivity (Wildman–Crippen MR) is 62.7 cm³/mol. The minimum atomic E-state index is -0.824. The largest absolute Gasteiger partial charge is 0.481 e. The van der Waals surface area contributed by atoms with Gasteiger partial charge in [0.05, 0.1) is 5.92 Å². The average Bonchev–Trinajstić information content (AvgIpc) is 2.81. The average molecular weight is 254 g/mol. The van der Waals surface area contributed by atoms with E-state index in [4.69, 9.17) is 5.11 Å². The molecule has 1 aliphatic heterocycles. The lowest BCUT2D eigenvalue weighted by Crippen LogP contribution is -2.57. The Morgan fingerprint density at radius 2 is 2.00 bits per heavy atom. The molecule has 18 heavy (non-hydrogen) atoms. The van der Waals surface area contributed by atoms with Crippen molar-refractivity contribution in [2.24, 2.45) is 11.8 Å². The molecule has 2 rings (SSSR count). The van der Waals surface area contributed by atoms with Gasteiger partial charge in [-0.2, -0.15) is 0 Å². The monoisotopic (exact) mass is 254 g/mol. The first-order valence-electron chi connectivity index (χ1n) is 6.31. The van der Waals surface area contributed by atoms with E-state index in [0.717, 1.165) is 0 Å². The van der Waals surface area contributed by atoms with Gasteiger partial charge in [-0.05, 0) is 26.2 Å². The number of carboxylic acids is 1. The Kier molecular flexibility index (Phi) is 3.54. The van der Waals surface area contributed by atoms with Crippen molar-refractivity contribution in [3.8, 4) is 0 Å². The molecule has 2 N–H and O–H groups in total. The molecule has 3 atom stereocenters. The molecule has 2 fully saturated rings. The van der Waals surface area contributed by atoms with Crippen molar-refractivity contribution in [2.45, 2.75) is 32.2 Å². The molecule has 3 unspecified atom stereocenters. The van der Waals surface area contributed by atoms with Crippen LogP contribution < -0.4 is 5.32 Å². The van der Waals surface area contributed by atoms with E-state index in [9.17, 15) is 14.4 Å². The molecule has 0 aromatic heterocycles. The van der Waals surface area contributed by atoms with Crippen molar-refractivity contribution >= 4 is 17.8 Å². The topological polar surface area (TPSA) is 86.7 Å². The van der Waals surface area contributed by atoms with Crippen LogP contribution in [0.3, 0.4) is 0 Å². The van der Waals surface area contributed by atoms with E-state index in [1.54, 1.807) is 11.8 Å². The lowest BCUT2D eigenvalue weighted by Gasteiger charge is -2.34. The van der Waals surface area contributed by atoms with E-state index >= 15 is 0 Å². The van der Waals surface area contributed by atoms with Crippen LogP contribution in [-0.2, 0) is 14.4 Å². The molecule has 1 heterocycles. The molecule has 6 nitrogen and oxygen atoms in total. The van der Waals surface area contributed by atoms with Crippen molar-refractivity contribution in [1.82, 2.24) is 10.2 Å². The predicted octanol–water partition coefficient (Wildman–Crippen LogP) is -0.166. The minimum Gasteiger partial charge on any atom is -0.481 e. The Morgan fingerprint density at radius 3 is 2.61 bits per heavy atom. The number of nitrogens with one attached hydrogen (secondary N) is 1. The summed E-state index contributed by atoms with van der Waals surface area (Å²) in [6.45, 7) is 2.69. The summed E-state index contributed by atoms with van der Waals surface area (Å²) in [6, 6.07) is -0.449. The second-order valence-electron chi connectivity index (χ2n) is 5.04. The Morgan fingerprint density at radius 1 is 1.33 bits per heavy atom. The molecule has 2 aliphatic rings. The van der Waals surface area contributed by atoms with Crippen LogP contribution in [0.5, 0.6) is 0 Å². The number of hydrogen-bond acceptors (Lipinski definition) is 3. The highest BCUT2D eigenvalue weighted by atomic mass is 16.4. The Balaban J connectivity index is 1.99. The number of amides is 2. The number of carbonyl (C=O) groups is 3. The van der Waals surface area contributed by atoms with Crippen molar-refractivity contribution in [1.29, 1.82) is 0 Å². The van der Waals surface area contributed by atoms with E-state index in [1.165, 1.54) is 0 Å². The number of nitrogens with zero attached hydrogens (tertiary/aromatic N) is 1. The van der Waals surface area contributed by atoms with Crippen molar-refractivity contribution in [2.75, 3.05) is 13.1 Å². The smallest absolute Gasteiger partial charge is 0.306 e. The molecule has 6 heteroatoms. The summed E-state index contributed by atoms with van der Waals surface area (Å²) in [7, 11) is 0. The zero-order valence-corrected chi connectivity index (χ0v) is 10.4. The molecule has 1 saturated carbocycles. The van der Waals surface area contributed by atoms with Gasteiger partial charge < -0.3 is 15.3 Å². The molecule has 1 aliphatic carbocycles. The fourth-order valence-corrected chi connectivity index (χ4v) is 2.75. The number of carbonyl (C=O) groups excluding carboxylic acids is 2. The number of piperazine rings is 1. The number of aliphatic carboxylic acids is 1. The Bertz CT molecular complexity index is 382. The first-order valence-corrected chi connectivity index (χ1v) is 6.31. The number of hydrogen-bond donors (Lipinski definition) is 2. The zero-order chi connectivity index (χ0) is 13.3. The molecule has 0 bridgehead atoms. The van der Waals surface area contributed by atoms with Crippen LogP contribution >= 0.6 is 0 Å². The summed E-state index contributed by atoms with van der Waals surface area (Å²) in [5.74, 6) is -1.68. The first kappa shape index (κ1) is 12.9. The normalized spacial score (nSPS) is 32.2. The third kappa shape index (κ3) is 2.32. The van der Waals surface area contributed by atoms with E-state index in [1.807, 2.05) is 0 Å². The van der Waals surface area contributed by atoms with Gasteiger partial charge in [-0.3, -0.25) is 14.4 Å². The van der Waals surface area contributed by atoms with E-state index in [0.29, 0.717) is 32.4 Å². The molecule has 100 valence electrons. The van der Waals surface area contributed by atoms with Gasteiger partial charge in [-0.25, -0.2) is 0 Å². The zero-order valence-electron chi connectivity index (χ0n) is 10.4. The summed E-state index contributed by atoms with van der Waals surface area (Å²) in [5, 5.41) is 11.6. The fourth-order valence-electron chi connectivity index (χ4n) is 2.75. The molecule has 2 amide bonds. The standard InChI is InChI=1S/C12H18N2O4/c1-7-10(15)13-4-5-14(7)11(16)8-2-3-9(6-8)12(17)18/h7-9H,2-6H2,1H3,(H,13,15)(H,17,18). The lowest BCUT2D eigenvalue weighted by molar-refractivity contribution is -0.146. The molecule has 0 radical (unpaired) electrons. The first-order chi connectivity index (χ1) is 8.50. The SMILES string of the molecule is CC1C(=O)NCCN1C(=O)C1CCC(C(=O)O)C1. The summed E-state index contributed by atoms with van der Waals surface area (Å²) < 4.78 is 0. The van der Waals surface area contributed by atoms with Crippen LogP contribution in [0.1, 0.15) is 26.2 Å². The highest BCUT2D eigenvalue weighted by Crippen LogP contribution is 2.32. The molecule has 0 aromatic carbocycles. The van der Waals surface area contributed by atoms with Gasteiger partial charge in [0.25, 0.3) is 0 Å². The van der Waals surface area contributed by atoms with Gasteiger partial charge in [-0.1, -0.05) is 0 Å². The van der Waals surface area contributed by atoms with Gasteiger partial charge in [0, 0.05) is 19.0 Å².